The number of nitro benzene ring substituents is 1. The number of aryl methyl sites for hydroxylation is 1. The Hall–Kier alpha value is -2.47. The molecule has 120 valence electrons. The minimum absolute atomic E-state index is 0.000372. The SMILES string of the molecule is Cc1cc(C(=O)N(C)Cc2c(F)cccc2Cl)ccc1[N+](=O)[O-]. The number of carbonyl (C=O) groups is 1. The molecule has 0 aliphatic rings. The Balaban J connectivity index is 2.23. The second kappa shape index (κ2) is 6.75. The number of hydrogen-bond donors (Lipinski definition) is 0. The van der Waals surface area contributed by atoms with Crippen LogP contribution in [0.3, 0.4) is 0 Å². The maximum absolute atomic E-state index is 13.8. The maximum atomic E-state index is 13.8. The van der Waals surface area contributed by atoms with E-state index in [1.165, 1.54) is 42.3 Å². The van der Waals surface area contributed by atoms with Gasteiger partial charge in [0.25, 0.3) is 11.6 Å². The maximum Gasteiger partial charge on any atom is 0.272 e. The quantitative estimate of drug-likeness (QED) is 0.627. The lowest BCUT2D eigenvalue weighted by Crippen LogP contribution is -2.27. The van der Waals surface area contributed by atoms with Crippen LogP contribution in [-0.2, 0) is 6.54 Å². The molecule has 23 heavy (non-hydrogen) atoms. The molecule has 5 nitrogen and oxygen atoms in total. The fraction of sp³-hybridized carbons (Fsp3) is 0.188. The summed E-state index contributed by atoms with van der Waals surface area (Å²) in [5.41, 5.74) is 0.853. The van der Waals surface area contributed by atoms with E-state index < -0.39 is 10.7 Å². The summed E-state index contributed by atoms with van der Waals surface area (Å²) in [5.74, 6) is -0.862. The van der Waals surface area contributed by atoms with E-state index in [4.69, 9.17) is 11.6 Å². The van der Waals surface area contributed by atoms with Crippen LogP contribution in [-0.4, -0.2) is 22.8 Å². The average molecular weight is 337 g/mol. The van der Waals surface area contributed by atoms with Gasteiger partial charge < -0.3 is 4.90 Å². The molecule has 2 aromatic rings. The Kier molecular flexibility index (Phi) is 4.95. The topological polar surface area (TPSA) is 63.5 Å². The van der Waals surface area contributed by atoms with Crippen LogP contribution in [0.25, 0.3) is 0 Å². The van der Waals surface area contributed by atoms with Crippen molar-refractivity contribution < 1.29 is 14.1 Å². The van der Waals surface area contributed by atoms with Crippen LogP contribution in [0.2, 0.25) is 5.02 Å². The zero-order valence-corrected chi connectivity index (χ0v) is 13.3. The summed E-state index contributed by atoms with van der Waals surface area (Å²) >= 11 is 5.95. The molecule has 0 spiro atoms. The van der Waals surface area contributed by atoms with Crippen LogP contribution < -0.4 is 0 Å². The number of amides is 1. The van der Waals surface area contributed by atoms with Crippen LogP contribution in [0.4, 0.5) is 10.1 Å². The smallest absolute Gasteiger partial charge is 0.272 e. The van der Waals surface area contributed by atoms with Gasteiger partial charge in [-0.2, -0.15) is 0 Å². The van der Waals surface area contributed by atoms with E-state index in [1.807, 2.05) is 0 Å². The first-order chi connectivity index (χ1) is 10.8. The number of nitrogens with zero attached hydrogens (tertiary/aromatic N) is 2. The minimum atomic E-state index is -0.508. The van der Waals surface area contributed by atoms with Gasteiger partial charge in [-0.3, -0.25) is 14.9 Å². The Morgan fingerprint density at radius 3 is 2.61 bits per heavy atom. The molecule has 0 saturated carbocycles. The fourth-order valence-corrected chi connectivity index (χ4v) is 2.43. The molecule has 0 N–H and O–H groups in total. The number of hydrogen-bond acceptors (Lipinski definition) is 3. The highest BCUT2D eigenvalue weighted by molar-refractivity contribution is 6.31. The van der Waals surface area contributed by atoms with Crippen molar-refractivity contribution in [2.45, 2.75) is 13.5 Å². The highest BCUT2D eigenvalue weighted by atomic mass is 35.5. The van der Waals surface area contributed by atoms with Gasteiger partial charge in [0.05, 0.1) is 4.92 Å². The van der Waals surface area contributed by atoms with Crippen LogP contribution in [0, 0.1) is 22.9 Å². The van der Waals surface area contributed by atoms with Crippen LogP contribution in [0.1, 0.15) is 21.5 Å². The minimum Gasteiger partial charge on any atom is -0.337 e. The molecule has 0 heterocycles. The number of halogens is 2. The van der Waals surface area contributed by atoms with E-state index in [0.29, 0.717) is 11.1 Å². The summed E-state index contributed by atoms with van der Waals surface area (Å²) in [5, 5.41) is 11.0. The normalized spacial score (nSPS) is 10.4. The van der Waals surface area contributed by atoms with Gasteiger partial charge in [0.1, 0.15) is 5.82 Å². The molecule has 2 aromatic carbocycles. The van der Waals surface area contributed by atoms with Gasteiger partial charge in [-0.1, -0.05) is 17.7 Å². The predicted molar refractivity (Wildman–Crippen MR) is 85.0 cm³/mol. The van der Waals surface area contributed by atoms with E-state index in [0.717, 1.165) is 0 Å². The highest BCUT2D eigenvalue weighted by Gasteiger charge is 2.18. The molecule has 0 unspecified atom stereocenters. The molecule has 0 aliphatic carbocycles. The number of benzene rings is 2. The van der Waals surface area contributed by atoms with Crippen molar-refractivity contribution in [3.8, 4) is 0 Å². The first kappa shape index (κ1) is 16.9. The van der Waals surface area contributed by atoms with Crippen molar-refractivity contribution in [1.82, 2.24) is 4.90 Å². The summed E-state index contributed by atoms with van der Waals surface area (Å²) < 4.78 is 13.8. The second-order valence-corrected chi connectivity index (χ2v) is 5.53. The predicted octanol–water partition coefficient (Wildman–Crippen LogP) is 3.97. The molecular weight excluding hydrogens is 323 g/mol. The van der Waals surface area contributed by atoms with Gasteiger partial charge in [0, 0.05) is 41.4 Å². The number of carbonyl (C=O) groups excluding carboxylic acids is 1. The monoisotopic (exact) mass is 336 g/mol. The summed E-state index contributed by atoms with van der Waals surface area (Å²) in [4.78, 5) is 24.0. The Morgan fingerprint density at radius 2 is 2.04 bits per heavy atom. The first-order valence-corrected chi connectivity index (χ1v) is 7.12. The molecule has 7 heteroatoms. The van der Waals surface area contributed by atoms with Gasteiger partial charge in [0.15, 0.2) is 0 Å². The molecule has 1 amide bonds. The number of rotatable bonds is 4. The van der Waals surface area contributed by atoms with Crippen molar-refractivity contribution >= 4 is 23.2 Å². The third-order valence-electron chi connectivity index (χ3n) is 3.44. The van der Waals surface area contributed by atoms with Gasteiger partial charge in [-0.05, 0) is 31.2 Å². The second-order valence-electron chi connectivity index (χ2n) is 5.12. The molecule has 0 atom stereocenters. The van der Waals surface area contributed by atoms with Gasteiger partial charge in [-0.25, -0.2) is 4.39 Å². The van der Waals surface area contributed by atoms with Gasteiger partial charge in [0.2, 0.25) is 0 Å². The van der Waals surface area contributed by atoms with E-state index in [-0.39, 0.29) is 28.7 Å². The summed E-state index contributed by atoms with van der Waals surface area (Å²) in [6, 6.07) is 8.42. The molecule has 0 saturated heterocycles. The standard InChI is InChI=1S/C16H14ClFN2O3/c1-10-8-11(6-7-15(10)20(22)23)16(21)19(2)9-12-13(17)4-3-5-14(12)18/h3-8H,9H2,1-2H3. The lowest BCUT2D eigenvalue weighted by molar-refractivity contribution is -0.385. The molecule has 0 bridgehead atoms. The zero-order valence-electron chi connectivity index (χ0n) is 12.5. The van der Waals surface area contributed by atoms with E-state index in [2.05, 4.69) is 0 Å². The summed E-state index contributed by atoms with van der Waals surface area (Å²) in [6.45, 7) is 1.56. The van der Waals surface area contributed by atoms with Gasteiger partial charge in [-0.15, -0.1) is 0 Å². The third kappa shape index (κ3) is 3.65. The van der Waals surface area contributed by atoms with E-state index >= 15 is 0 Å². The van der Waals surface area contributed by atoms with Gasteiger partial charge >= 0.3 is 0 Å². The Bertz CT molecular complexity index is 760. The van der Waals surface area contributed by atoms with Crippen LogP contribution in [0.15, 0.2) is 36.4 Å². The Labute approximate surface area is 137 Å². The molecular formula is C16H14ClFN2O3. The molecule has 0 aromatic heterocycles. The Morgan fingerprint density at radius 1 is 1.35 bits per heavy atom. The lowest BCUT2D eigenvalue weighted by atomic mass is 10.1. The number of nitro groups is 1. The fourth-order valence-electron chi connectivity index (χ4n) is 2.21. The van der Waals surface area contributed by atoms with Crippen molar-refractivity contribution in [2.24, 2.45) is 0 Å². The summed E-state index contributed by atoms with van der Waals surface area (Å²) in [7, 11) is 1.52. The highest BCUT2D eigenvalue weighted by Crippen LogP contribution is 2.23. The van der Waals surface area contributed by atoms with Crippen molar-refractivity contribution in [3.05, 3.63) is 74.0 Å². The van der Waals surface area contributed by atoms with E-state index in [9.17, 15) is 19.3 Å². The van der Waals surface area contributed by atoms with Crippen molar-refractivity contribution in [2.75, 3.05) is 7.05 Å². The van der Waals surface area contributed by atoms with Crippen LogP contribution >= 0.6 is 11.6 Å². The molecule has 2 rings (SSSR count). The molecule has 0 fully saturated rings. The third-order valence-corrected chi connectivity index (χ3v) is 3.80. The van der Waals surface area contributed by atoms with Crippen molar-refractivity contribution in [3.63, 3.8) is 0 Å². The average Bonchev–Trinajstić information content (AvgIpc) is 2.49. The lowest BCUT2D eigenvalue weighted by Gasteiger charge is -2.18. The van der Waals surface area contributed by atoms with E-state index in [1.54, 1.807) is 13.0 Å². The van der Waals surface area contributed by atoms with Crippen molar-refractivity contribution in [1.29, 1.82) is 0 Å². The first-order valence-electron chi connectivity index (χ1n) is 6.74. The zero-order chi connectivity index (χ0) is 17.1. The summed E-state index contributed by atoms with van der Waals surface area (Å²) in [6.07, 6.45) is 0. The van der Waals surface area contributed by atoms with Crippen LogP contribution in [0.5, 0.6) is 0 Å². The molecule has 0 radical (unpaired) electrons. The largest absolute Gasteiger partial charge is 0.337 e. The molecule has 0 aliphatic heterocycles.